The fourth-order valence-electron chi connectivity index (χ4n) is 3.00. The molecular weight excluding hydrogens is 470 g/mol. The third-order valence-corrected chi connectivity index (χ3v) is 7.17. The molecule has 1 N–H and O–H groups in total. The maximum Gasteiger partial charge on any atom is 0.243 e. The minimum absolute atomic E-state index is 0.200. The summed E-state index contributed by atoms with van der Waals surface area (Å²) < 4.78 is 32.9. The summed E-state index contributed by atoms with van der Waals surface area (Å²) in [5.41, 5.74) is 5.09. The molecule has 30 heavy (non-hydrogen) atoms. The van der Waals surface area contributed by atoms with Crippen molar-refractivity contribution in [2.24, 2.45) is 5.10 Å². The van der Waals surface area contributed by atoms with Crippen molar-refractivity contribution in [2.75, 3.05) is 26.3 Å². The minimum atomic E-state index is -3.50. The highest BCUT2D eigenvalue weighted by Gasteiger charge is 2.26. The summed E-state index contributed by atoms with van der Waals surface area (Å²) in [5, 5.41) is 4.15. The lowest BCUT2D eigenvalue weighted by Gasteiger charge is -2.26. The van der Waals surface area contributed by atoms with Crippen LogP contribution in [0, 0.1) is 0 Å². The fourth-order valence-corrected chi connectivity index (χ4v) is 4.81. The van der Waals surface area contributed by atoms with E-state index in [1.807, 2.05) is 31.2 Å². The van der Waals surface area contributed by atoms with Gasteiger partial charge >= 0.3 is 0 Å². The van der Waals surface area contributed by atoms with Crippen molar-refractivity contribution in [2.45, 2.75) is 24.7 Å². The smallest absolute Gasteiger partial charge is 0.243 e. The van der Waals surface area contributed by atoms with Crippen molar-refractivity contribution in [1.29, 1.82) is 0 Å². The highest BCUT2D eigenvalue weighted by atomic mass is 79.9. The number of sulfonamides is 1. The molecule has 0 aliphatic carbocycles. The molecule has 0 saturated carbocycles. The molecule has 1 aliphatic rings. The van der Waals surface area contributed by atoms with Crippen LogP contribution in [0.1, 0.15) is 24.5 Å². The van der Waals surface area contributed by atoms with Crippen LogP contribution in [-0.4, -0.2) is 50.6 Å². The van der Waals surface area contributed by atoms with Gasteiger partial charge in [-0.3, -0.25) is 4.79 Å². The van der Waals surface area contributed by atoms with Crippen LogP contribution in [0.2, 0.25) is 0 Å². The Kier molecular flexibility index (Phi) is 7.76. The molecule has 1 heterocycles. The monoisotopic (exact) mass is 493 g/mol. The zero-order chi connectivity index (χ0) is 21.6. The van der Waals surface area contributed by atoms with Crippen LogP contribution in [0.4, 0.5) is 0 Å². The molecule has 0 spiro atoms. The van der Waals surface area contributed by atoms with Gasteiger partial charge in [0.25, 0.3) is 0 Å². The lowest BCUT2D eigenvalue weighted by atomic mass is 10.1. The van der Waals surface area contributed by atoms with E-state index in [9.17, 15) is 13.2 Å². The van der Waals surface area contributed by atoms with Crippen molar-refractivity contribution in [3.63, 3.8) is 0 Å². The highest BCUT2D eigenvalue weighted by molar-refractivity contribution is 9.10. The summed E-state index contributed by atoms with van der Waals surface area (Å²) in [6.45, 7) is 3.38. The van der Waals surface area contributed by atoms with Gasteiger partial charge in [0.2, 0.25) is 15.9 Å². The van der Waals surface area contributed by atoms with Gasteiger partial charge in [0.05, 0.1) is 23.8 Å². The zero-order valence-electron chi connectivity index (χ0n) is 16.7. The van der Waals surface area contributed by atoms with Gasteiger partial charge in [-0.25, -0.2) is 13.8 Å². The number of hydrogen-bond acceptors (Lipinski definition) is 5. The summed E-state index contributed by atoms with van der Waals surface area (Å²) in [6, 6.07) is 14.4. The van der Waals surface area contributed by atoms with E-state index in [-0.39, 0.29) is 17.2 Å². The Morgan fingerprint density at radius 1 is 1.17 bits per heavy atom. The lowest BCUT2D eigenvalue weighted by Crippen LogP contribution is -2.40. The van der Waals surface area contributed by atoms with Gasteiger partial charge in [-0.05, 0) is 48.7 Å². The SMILES string of the molecule is C/C(=N\NC(=O)CCc1ccc(S(=O)(=O)N2CCOCC2)cc1)c1cccc(Br)c1. The van der Waals surface area contributed by atoms with E-state index < -0.39 is 10.0 Å². The zero-order valence-corrected chi connectivity index (χ0v) is 19.1. The van der Waals surface area contributed by atoms with E-state index in [0.29, 0.717) is 38.4 Å². The average molecular weight is 494 g/mol. The van der Waals surface area contributed by atoms with E-state index in [0.717, 1.165) is 15.6 Å². The average Bonchev–Trinajstić information content (AvgIpc) is 2.77. The van der Waals surface area contributed by atoms with Crippen molar-refractivity contribution < 1.29 is 17.9 Å². The maximum absolute atomic E-state index is 12.6. The normalized spacial score (nSPS) is 15.7. The largest absolute Gasteiger partial charge is 0.379 e. The summed E-state index contributed by atoms with van der Waals surface area (Å²) in [4.78, 5) is 12.4. The molecule has 1 amide bonds. The molecule has 1 saturated heterocycles. The molecule has 2 aromatic rings. The molecule has 160 valence electrons. The number of hydrazone groups is 1. The van der Waals surface area contributed by atoms with Crippen LogP contribution in [0.25, 0.3) is 0 Å². The number of hydrogen-bond donors (Lipinski definition) is 1. The van der Waals surface area contributed by atoms with Gasteiger partial charge in [0.15, 0.2) is 0 Å². The van der Waals surface area contributed by atoms with Gasteiger partial charge < -0.3 is 4.74 Å². The number of amides is 1. The van der Waals surface area contributed by atoms with Gasteiger partial charge in [-0.15, -0.1) is 0 Å². The molecule has 9 heteroatoms. The molecule has 0 aromatic heterocycles. The Bertz CT molecular complexity index is 1020. The quantitative estimate of drug-likeness (QED) is 0.474. The van der Waals surface area contributed by atoms with Crippen LogP contribution in [0.5, 0.6) is 0 Å². The number of halogens is 1. The summed E-state index contributed by atoms with van der Waals surface area (Å²) in [7, 11) is -3.50. The predicted molar refractivity (Wildman–Crippen MR) is 119 cm³/mol. The molecule has 3 rings (SSSR count). The van der Waals surface area contributed by atoms with Crippen LogP contribution in [0.15, 0.2) is 63.0 Å². The van der Waals surface area contributed by atoms with Crippen LogP contribution in [-0.2, 0) is 26.0 Å². The molecule has 7 nitrogen and oxygen atoms in total. The third-order valence-electron chi connectivity index (χ3n) is 4.76. The van der Waals surface area contributed by atoms with Crippen molar-refractivity contribution >= 4 is 37.6 Å². The van der Waals surface area contributed by atoms with Crippen LogP contribution >= 0.6 is 15.9 Å². The van der Waals surface area contributed by atoms with Gasteiger partial charge in [-0.1, -0.05) is 40.2 Å². The number of carbonyl (C=O) groups excluding carboxylic acids is 1. The maximum atomic E-state index is 12.6. The molecule has 1 aliphatic heterocycles. The second kappa shape index (κ2) is 10.3. The lowest BCUT2D eigenvalue weighted by molar-refractivity contribution is -0.121. The van der Waals surface area contributed by atoms with E-state index in [1.165, 1.54) is 4.31 Å². The Labute approximate surface area is 185 Å². The first-order chi connectivity index (χ1) is 14.4. The van der Waals surface area contributed by atoms with Gasteiger partial charge in [0, 0.05) is 24.0 Å². The van der Waals surface area contributed by atoms with Gasteiger partial charge in [0.1, 0.15) is 0 Å². The van der Waals surface area contributed by atoms with E-state index in [1.54, 1.807) is 24.3 Å². The van der Waals surface area contributed by atoms with Crippen LogP contribution in [0.3, 0.4) is 0 Å². The Hall–Kier alpha value is -2.07. The molecule has 0 bridgehead atoms. The summed E-state index contributed by atoms with van der Waals surface area (Å²) in [6.07, 6.45) is 0.750. The van der Waals surface area contributed by atoms with Crippen molar-refractivity contribution in [3.8, 4) is 0 Å². The molecule has 0 atom stereocenters. The first-order valence-electron chi connectivity index (χ1n) is 9.62. The number of carbonyl (C=O) groups is 1. The molecule has 2 aromatic carbocycles. The number of nitrogens with one attached hydrogen (secondary N) is 1. The number of benzene rings is 2. The van der Waals surface area contributed by atoms with Crippen molar-refractivity contribution in [3.05, 3.63) is 64.1 Å². The summed E-state index contributed by atoms with van der Waals surface area (Å²) >= 11 is 3.41. The molecule has 1 fully saturated rings. The second-order valence-electron chi connectivity index (χ2n) is 6.90. The topological polar surface area (TPSA) is 88.1 Å². The number of aryl methyl sites for hydroxylation is 1. The third kappa shape index (κ3) is 5.98. The Balaban J connectivity index is 1.53. The standard InChI is InChI=1S/C21H24BrN3O4S/c1-16(18-3-2-4-19(22)15-18)23-24-21(26)10-7-17-5-8-20(9-6-17)30(27,28)25-11-13-29-14-12-25/h2-6,8-9,15H,7,10-14H2,1H3,(H,24,26)/b23-16+. The highest BCUT2D eigenvalue weighted by Crippen LogP contribution is 2.18. The fraction of sp³-hybridized carbons (Fsp3) is 0.333. The summed E-state index contributed by atoms with van der Waals surface area (Å²) in [5.74, 6) is -0.200. The number of rotatable bonds is 7. The van der Waals surface area contributed by atoms with E-state index in [2.05, 4.69) is 26.5 Å². The molecular formula is C21H24BrN3O4S. The predicted octanol–water partition coefficient (Wildman–Crippen LogP) is 2.94. The Morgan fingerprint density at radius 3 is 2.53 bits per heavy atom. The number of ether oxygens (including phenoxy) is 1. The first-order valence-corrected chi connectivity index (χ1v) is 11.9. The Morgan fingerprint density at radius 2 is 1.87 bits per heavy atom. The number of morpholine rings is 1. The minimum Gasteiger partial charge on any atom is -0.379 e. The first kappa shape index (κ1) is 22.6. The van der Waals surface area contributed by atoms with E-state index >= 15 is 0 Å². The molecule has 0 radical (unpaired) electrons. The second-order valence-corrected chi connectivity index (χ2v) is 9.76. The number of nitrogens with zero attached hydrogens (tertiary/aromatic N) is 2. The van der Waals surface area contributed by atoms with Crippen molar-refractivity contribution in [1.82, 2.24) is 9.73 Å². The van der Waals surface area contributed by atoms with Crippen LogP contribution < -0.4 is 5.43 Å². The van der Waals surface area contributed by atoms with E-state index in [4.69, 9.17) is 4.74 Å². The molecule has 0 unspecified atom stereocenters. The van der Waals surface area contributed by atoms with Gasteiger partial charge in [-0.2, -0.15) is 9.41 Å².